The van der Waals surface area contributed by atoms with Gasteiger partial charge in [-0.2, -0.15) is 0 Å². The van der Waals surface area contributed by atoms with E-state index in [4.69, 9.17) is 21.3 Å². The number of rotatable bonds is 8. The zero-order valence-corrected chi connectivity index (χ0v) is 23.3. The van der Waals surface area contributed by atoms with Crippen molar-refractivity contribution in [2.45, 2.75) is 25.9 Å². The highest BCUT2D eigenvalue weighted by atomic mass is 35.5. The van der Waals surface area contributed by atoms with E-state index in [-0.39, 0.29) is 18.9 Å². The standard InChI is InChI=1S/C31H28ClN3O3S/c1-3-38-30(37)27-28(22-12-8-5-9-13-22)33-31-35(29(27)23-14-16-24(32)17-15-23)25(20-39-31)18-26(36)34(2)19-21-10-6-4-7-11-21/h4-17,20,29H,3,18-19H2,1-2H3/t29-/m1/s1. The van der Waals surface area contributed by atoms with Crippen molar-refractivity contribution in [3.63, 3.8) is 0 Å². The first kappa shape index (κ1) is 26.8. The van der Waals surface area contributed by atoms with Gasteiger partial charge in [-0.15, -0.1) is 0 Å². The highest BCUT2D eigenvalue weighted by Crippen LogP contribution is 2.47. The SMILES string of the molecule is CCOC(=O)C1=C(c2ccccc2)N=C2SC=C(CC(=O)N(C)Cc3ccccc3)N2[C@@H]1c1ccc(Cl)cc1. The molecule has 2 heterocycles. The van der Waals surface area contributed by atoms with E-state index in [1.165, 1.54) is 11.8 Å². The first-order chi connectivity index (χ1) is 19.0. The molecule has 0 saturated heterocycles. The van der Waals surface area contributed by atoms with Crippen LogP contribution >= 0.6 is 23.4 Å². The second kappa shape index (κ2) is 11.9. The van der Waals surface area contributed by atoms with E-state index in [1.807, 2.05) is 83.1 Å². The van der Waals surface area contributed by atoms with Gasteiger partial charge in [-0.3, -0.25) is 4.79 Å². The highest BCUT2D eigenvalue weighted by molar-refractivity contribution is 8.16. The molecule has 5 rings (SSSR count). The van der Waals surface area contributed by atoms with Crippen LogP contribution in [0.2, 0.25) is 5.02 Å². The van der Waals surface area contributed by atoms with E-state index in [9.17, 15) is 9.59 Å². The van der Waals surface area contributed by atoms with E-state index < -0.39 is 12.0 Å². The molecule has 0 radical (unpaired) electrons. The fraction of sp³-hybridized carbons (Fsp3) is 0.194. The molecule has 8 heteroatoms. The van der Waals surface area contributed by atoms with Crippen LogP contribution in [0.3, 0.4) is 0 Å². The number of aliphatic imine (C=N–C) groups is 1. The predicted octanol–water partition coefficient (Wildman–Crippen LogP) is 6.66. The number of carbonyl (C=O) groups is 2. The fourth-order valence-corrected chi connectivity index (χ4v) is 5.73. The topological polar surface area (TPSA) is 62.2 Å². The van der Waals surface area contributed by atoms with Crippen molar-refractivity contribution < 1.29 is 14.3 Å². The number of ether oxygens (including phenoxy) is 1. The number of halogens is 1. The average molecular weight is 558 g/mol. The first-order valence-electron chi connectivity index (χ1n) is 12.7. The van der Waals surface area contributed by atoms with Gasteiger partial charge in [0.2, 0.25) is 5.91 Å². The van der Waals surface area contributed by atoms with E-state index >= 15 is 0 Å². The van der Waals surface area contributed by atoms with Gasteiger partial charge in [0.1, 0.15) is 0 Å². The number of benzene rings is 3. The Hall–Kier alpha value is -3.81. The molecule has 0 unspecified atom stereocenters. The third-order valence-corrected chi connectivity index (χ3v) is 7.70. The largest absolute Gasteiger partial charge is 0.463 e. The number of amides is 1. The number of esters is 1. The molecule has 39 heavy (non-hydrogen) atoms. The molecule has 0 spiro atoms. The van der Waals surface area contributed by atoms with Crippen molar-refractivity contribution in [3.8, 4) is 0 Å². The first-order valence-corrected chi connectivity index (χ1v) is 14.0. The van der Waals surface area contributed by atoms with Gasteiger partial charge in [0.05, 0.1) is 30.3 Å². The summed E-state index contributed by atoms with van der Waals surface area (Å²) in [5, 5.41) is 3.25. The summed E-state index contributed by atoms with van der Waals surface area (Å²) in [5.41, 5.74) is 4.49. The van der Waals surface area contributed by atoms with Crippen LogP contribution < -0.4 is 0 Å². The van der Waals surface area contributed by atoms with Crippen molar-refractivity contribution >= 4 is 46.1 Å². The Bertz CT molecular complexity index is 1450. The predicted molar refractivity (Wildman–Crippen MR) is 157 cm³/mol. The second-order valence-corrected chi connectivity index (χ2v) is 10.5. The summed E-state index contributed by atoms with van der Waals surface area (Å²) in [6, 6.07) is 26.4. The van der Waals surface area contributed by atoms with Gasteiger partial charge in [0.15, 0.2) is 5.17 Å². The van der Waals surface area contributed by atoms with Crippen molar-refractivity contribution in [1.82, 2.24) is 9.80 Å². The molecule has 3 aromatic carbocycles. The molecule has 0 N–H and O–H groups in total. The van der Waals surface area contributed by atoms with Crippen molar-refractivity contribution in [1.29, 1.82) is 0 Å². The molecule has 0 aliphatic carbocycles. The van der Waals surface area contributed by atoms with Gasteiger partial charge in [0, 0.05) is 29.9 Å². The van der Waals surface area contributed by atoms with Crippen molar-refractivity contribution in [3.05, 3.63) is 123 Å². The summed E-state index contributed by atoms with van der Waals surface area (Å²) >= 11 is 7.68. The van der Waals surface area contributed by atoms with Crippen LogP contribution in [0.4, 0.5) is 0 Å². The number of fused-ring (bicyclic) bond motifs is 1. The zero-order chi connectivity index (χ0) is 27.4. The Labute approximate surface area is 237 Å². The average Bonchev–Trinajstić information content (AvgIpc) is 3.36. The molecule has 1 atom stereocenters. The summed E-state index contributed by atoms with van der Waals surface area (Å²) < 4.78 is 5.56. The highest BCUT2D eigenvalue weighted by Gasteiger charge is 2.42. The lowest BCUT2D eigenvalue weighted by Crippen LogP contribution is -2.38. The number of hydrogen-bond acceptors (Lipinski definition) is 6. The quantitative estimate of drug-likeness (QED) is 0.290. The Balaban J connectivity index is 1.54. The molecular weight excluding hydrogens is 530 g/mol. The van der Waals surface area contributed by atoms with Gasteiger partial charge >= 0.3 is 5.97 Å². The Kier molecular flexibility index (Phi) is 8.19. The molecular formula is C31H28ClN3O3S. The summed E-state index contributed by atoms with van der Waals surface area (Å²) in [6.07, 6.45) is 0.163. The van der Waals surface area contributed by atoms with Gasteiger partial charge in [-0.25, -0.2) is 9.79 Å². The molecule has 0 aromatic heterocycles. The summed E-state index contributed by atoms with van der Waals surface area (Å²) in [4.78, 5) is 35.6. The maximum atomic E-state index is 13.6. The normalized spacial score (nSPS) is 16.4. The lowest BCUT2D eigenvalue weighted by Gasteiger charge is -2.37. The van der Waals surface area contributed by atoms with Gasteiger partial charge < -0.3 is 14.5 Å². The number of thioether (sulfide) groups is 1. The van der Waals surface area contributed by atoms with E-state index in [0.717, 1.165) is 22.4 Å². The van der Waals surface area contributed by atoms with Gasteiger partial charge in [-0.1, -0.05) is 96.2 Å². The van der Waals surface area contributed by atoms with E-state index in [2.05, 4.69) is 0 Å². The third-order valence-electron chi connectivity index (χ3n) is 6.56. The minimum atomic E-state index is -0.544. The van der Waals surface area contributed by atoms with Crippen LogP contribution in [0, 0.1) is 0 Å². The van der Waals surface area contributed by atoms with Crippen LogP contribution in [0.15, 0.2) is 107 Å². The van der Waals surface area contributed by atoms with Crippen molar-refractivity contribution in [2.75, 3.05) is 13.7 Å². The summed E-state index contributed by atoms with van der Waals surface area (Å²) in [7, 11) is 1.80. The monoisotopic (exact) mass is 557 g/mol. The lowest BCUT2D eigenvalue weighted by atomic mass is 9.91. The number of nitrogens with zero attached hydrogens (tertiary/aromatic N) is 3. The summed E-state index contributed by atoms with van der Waals surface area (Å²) in [5.74, 6) is -0.472. The maximum Gasteiger partial charge on any atom is 0.338 e. The van der Waals surface area contributed by atoms with Gasteiger partial charge in [0.25, 0.3) is 0 Å². The number of carbonyl (C=O) groups excluding carboxylic acids is 2. The fourth-order valence-electron chi connectivity index (χ4n) is 4.68. The van der Waals surface area contributed by atoms with Crippen molar-refractivity contribution in [2.24, 2.45) is 4.99 Å². The van der Waals surface area contributed by atoms with Crippen LogP contribution in [-0.2, 0) is 20.9 Å². The van der Waals surface area contributed by atoms with Crippen LogP contribution in [0.5, 0.6) is 0 Å². The Morgan fingerprint density at radius 1 is 1.00 bits per heavy atom. The van der Waals surface area contributed by atoms with E-state index in [0.29, 0.717) is 28.0 Å². The number of hydrogen-bond donors (Lipinski definition) is 0. The molecule has 2 aliphatic rings. The molecule has 0 bridgehead atoms. The molecule has 0 fully saturated rings. The molecule has 198 valence electrons. The molecule has 3 aromatic rings. The Morgan fingerprint density at radius 3 is 2.33 bits per heavy atom. The minimum absolute atomic E-state index is 0.0303. The van der Waals surface area contributed by atoms with Crippen LogP contribution in [-0.4, -0.2) is 40.5 Å². The zero-order valence-electron chi connectivity index (χ0n) is 21.7. The second-order valence-electron chi connectivity index (χ2n) is 9.21. The third kappa shape index (κ3) is 5.79. The van der Waals surface area contributed by atoms with Crippen LogP contribution in [0.1, 0.15) is 36.1 Å². The van der Waals surface area contributed by atoms with E-state index in [1.54, 1.807) is 31.0 Å². The lowest BCUT2D eigenvalue weighted by molar-refractivity contribution is -0.139. The summed E-state index contributed by atoms with van der Waals surface area (Å²) in [6.45, 7) is 2.52. The molecule has 1 amide bonds. The maximum absolute atomic E-state index is 13.6. The molecule has 2 aliphatic heterocycles. The minimum Gasteiger partial charge on any atom is -0.463 e. The number of amidine groups is 1. The smallest absolute Gasteiger partial charge is 0.338 e. The van der Waals surface area contributed by atoms with Crippen LogP contribution in [0.25, 0.3) is 5.70 Å². The Morgan fingerprint density at radius 2 is 1.67 bits per heavy atom. The van der Waals surface area contributed by atoms with Gasteiger partial charge in [-0.05, 0) is 35.6 Å². The molecule has 6 nitrogen and oxygen atoms in total. The molecule has 0 saturated carbocycles.